The molecule has 1 saturated heterocycles. The van der Waals surface area contributed by atoms with Crippen LogP contribution in [0.15, 0.2) is 29.2 Å². The minimum Gasteiger partial charge on any atom is -0.383 e. The van der Waals surface area contributed by atoms with Crippen molar-refractivity contribution in [3.8, 4) is 0 Å². The molecule has 7 heteroatoms. The van der Waals surface area contributed by atoms with E-state index < -0.39 is 10.0 Å². The average Bonchev–Trinajstić information content (AvgIpc) is 2.83. The first-order valence-corrected chi connectivity index (χ1v) is 8.12. The summed E-state index contributed by atoms with van der Waals surface area (Å²) in [5.41, 5.74) is 0.835. The van der Waals surface area contributed by atoms with Crippen molar-refractivity contribution in [3.05, 3.63) is 24.3 Å². The van der Waals surface area contributed by atoms with Gasteiger partial charge >= 0.3 is 0 Å². The maximum Gasteiger partial charge on any atom is 0.240 e. The third kappa shape index (κ3) is 3.71. The minimum atomic E-state index is -3.40. The lowest BCUT2D eigenvalue weighted by molar-refractivity contribution is -0.119. The molecule has 110 valence electrons. The maximum absolute atomic E-state index is 11.8. The highest BCUT2D eigenvalue weighted by molar-refractivity contribution is 7.89. The summed E-state index contributed by atoms with van der Waals surface area (Å²) in [6, 6.07) is 6.72. The molecule has 0 bridgehead atoms. The monoisotopic (exact) mass is 297 g/mol. The number of hydrogen-bond acceptors (Lipinski definition) is 4. The highest BCUT2D eigenvalue weighted by Crippen LogP contribution is 2.15. The van der Waals surface area contributed by atoms with E-state index in [4.69, 9.17) is 0 Å². The van der Waals surface area contributed by atoms with E-state index >= 15 is 0 Å². The van der Waals surface area contributed by atoms with Crippen LogP contribution in [0.1, 0.15) is 19.8 Å². The highest BCUT2D eigenvalue weighted by atomic mass is 32.2. The van der Waals surface area contributed by atoms with Crippen LogP contribution in [-0.4, -0.2) is 33.5 Å². The van der Waals surface area contributed by atoms with Gasteiger partial charge in [-0.05, 0) is 30.7 Å². The van der Waals surface area contributed by atoms with Crippen molar-refractivity contribution >= 4 is 21.6 Å². The van der Waals surface area contributed by atoms with E-state index in [1.165, 1.54) is 0 Å². The van der Waals surface area contributed by atoms with Crippen LogP contribution in [0.2, 0.25) is 0 Å². The van der Waals surface area contributed by atoms with Crippen molar-refractivity contribution in [2.45, 2.75) is 30.7 Å². The molecular weight excluding hydrogens is 278 g/mol. The van der Waals surface area contributed by atoms with Gasteiger partial charge in [-0.25, -0.2) is 13.1 Å². The second-order valence-electron chi connectivity index (χ2n) is 4.71. The molecule has 0 saturated carbocycles. The number of hydrogen-bond donors (Lipinski definition) is 3. The molecular formula is C13H19N3O3S. The van der Waals surface area contributed by atoms with E-state index in [0.29, 0.717) is 19.5 Å². The third-order valence-corrected chi connectivity index (χ3v) is 4.70. The van der Waals surface area contributed by atoms with Crippen molar-refractivity contribution in [3.63, 3.8) is 0 Å². The van der Waals surface area contributed by atoms with Crippen molar-refractivity contribution in [2.75, 3.05) is 18.4 Å². The first kappa shape index (κ1) is 14.8. The first-order valence-electron chi connectivity index (χ1n) is 6.64. The molecule has 3 N–H and O–H groups in total. The van der Waals surface area contributed by atoms with E-state index in [9.17, 15) is 13.2 Å². The minimum absolute atomic E-state index is 0.0869. The Bertz CT molecular complexity index is 569. The lowest BCUT2D eigenvalue weighted by Gasteiger charge is -2.12. The summed E-state index contributed by atoms with van der Waals surface area (Å²) in [6.07, 6.45) is 1.41. The smallest absolute Gasteiger partial charge is 0.240 e. The van der Waals surface area contributed by atoms with Gasteiger partial charge in [-0.3, -0.25) is 4.79 Å². The summed E-state index contributed by atoms with van der Waals surface area (Å²) in [6.45, 7) is 2.75. The number of carbonyl (C=O) groups excluding carboxylic acids is 1. The molecule has 0 aromatic heterocycles. The quantitative estimate of drug-likeness (QED) is 0.720. The topological polar surface area (TPSA) is 87.3 Å². The number of carbonyl (C=O) groups is 1. The van der Waals surface area contributed by atoms with E-state index in [-0.39, 0.29) is 16.8 Å². The number of amides is 1. The molecule has 0 spiro atoms. The van der Waals surface area contributed by atoms with Crippen LogP contribution in [0.3, 0.4) is 0 Å². The van der Waals surface area contributed by atoms with Crippen LogP contribution in [0.25, 0.3) is 0 Å². The Hall–Kier alpha value is -1.60. The number of sulfonamides is 1. The first-order chi connectivity index (χ1) is 9.51. The standard InChI is InChI=1S/C13H19N3O3S/c1-2-15-20(18,19)12-6-3-10(4-7-12)14-9-11-5-8-13(17)16-11/h3-4,6-7,11,14-15H,2,5,8-9H2,1H3,(H,16,17). The van der Waals surface area contributed by atoms with E-state index in [1.807, 2.05) is 0 Å². The Balaban J connectivity index is 1.93. The van der Waals surface area contributed by atoms with Crippen LogP contribution in [0.4, 0.5) is 5.69 Å². The summed E-state index contributed by atoms with van der Waals surface area (Å²) >= 11 is 0. The van der Waals surface area contributed by atoms with Crippen molar-refractivity contribution < 1.29 is 13.2 Å². The molecule has 1 heterocycles. The van der Waals surface area contributed by atoms with Gasteiger partial charge in [0.15, 0.2) is 0 Å². The zero-order chi connectivity index (χ0) is 14.6. The lowest BCUT2D eigenvalue weighted by atomic mass is 10.2. The maximum atomic E-state index is 11.8. The van der Waals surface area contributed by atoms with E-state index in [0.717, 1.165) is 12.1 Å². The summed E-state index contributed by atoms with van der Waals surface area (Å²) in [7, 11) is -3.40. The molecule has 1 fully saturated rings. The predicted octanol–water partition coefficient (Wildman–Crippen LogP) is 0.675. The van der Waals surface area contributed by atoms with Gasteiger partial charge in [-0.15, -0.1) is 0 Å². The number of nitrogens with one attached hydrogen (secondary N) is 3. The molecule has 1 aromatic carbocycles. The molecule has 1 aliphatic heterocycles. The van der Waals surface area contributed by atoms with Crippen LogP contribution >= 0.6 is 0 Å². The summed E-state index contributed by atoms with van der Waals surface area (Å²) in [5, 5.41) is 6.06. The van der Waals surface area contributed by atoms with Gasteiger partial charge in [0.2, 0.25) is 15.9 Å². The van der Waals surface area contributed by atoms with Crippen LogP contribution in [0.5, 0.6) is 0 Å². The summed E-state index contributed by atoms with van der Waals surface area (Å²) in [5.74, 6) is 0.0869. The second-order valence-corrected chi connectivity index (χ2v) is 6.48. The molecule has 0 radical (unpaired) electrons. The number of benzene rings is 1. The highest BCUT2D eigenvalue weighted by Gasteiger charge is 2.20. The third-order valence-electron chi connectivity index (χ3n) is 3.14. The van der Waals surface area contributed by atoms with E-state index in [2.05, 4.69) is 15.4 Å². The Morgan fingerprint density at radius 3 is 2.55 bits per heavy atom. The summed E-state index contributed by atoms with van der Waals surface area (Å²) in [4.78, 5) is 11.3. The predicted molar refractivity (Wildman–Crippen MR) is 77.0 cm³/mol. The number of rotatable bonds is 6. The van der Waals surface area contributed by atoms with Gasteiger partial charge in [0.1, 0.15) is 0 Å². The molecule has 0 aliphatic carbocycles. The van der Waals surface area contributed by atoms with Gasteiger partial charge in [0.05, 0.1) is 4.90 Å². The second kappa shape index (κ2) is 6.23. The Morgan fingerprint density at radius 1 is 1.30 bits per heavy atom. The van der Waals surface area contributed by atoms with Gasteiger partial charge in [-0.1, -0.05) is 6.92 Å². The lowest BCUT2D eigenvalue weighted by Crippen LogP contribution is -2.31. The van der Waals surface area contributed by atoms with Crippen LogP contribution in [0, 0.1) is 0 Å². The Morgan fingerprint density at radius 2 is 2.00 bits per heavy atom. The zero-order valence-corrected chi connectivity index (χ0v) is 12.2. The molecule has 6 nitrogen and oxygen atoms in total. The number of anilines is 1. The van der Waals surface area contributed by atoms with Crippen molar-refractivity contribution in [1.82, 2.24) is 10.0 Å². The van der Waals surface area contributed by atoms with Gasteiger partial charge in [-0.2, -0.15) is 0 Å². The molecule has 1 amide bonds. The van der Waals surface area contributed by atoms with Crippen molar-refractivity contribution in [1.29, 1.82) is 0 Å². The molecule has 1 aliphatic rings. The Labute approximate surface area is 119 Å². The SMILES string of the molecule is CCNS(=O)(=O)c1ccc(NCC2CCC(=O)N2)cc1. The fraction of sp³-hybridized carbons (Fsp3) is 0.462. The Kier molecular flexibility index (Phi) is 4.61. The van der Waals surface area contributed by atoms with E-state index in [1.54, 1.807) is 31.2 Å². The van der Waals surface area contributed by atoms with Gasteiger partial charge in [0, 0.05) is 31.2 Å². The van der Waals surface area contributed by atoms with Crippen molar-refractivity contribution in [2.24, 2.45) is 0 Å². The average molecular weight is 297 g/mol. The largest absolute Gasteiger partial charge is 0.383 e. The fourth-order valence-corrected chi connectivity index (χ4v) is 3.14. The molecule has 1 atom stereocenters. The zero-order valence-electron chi connectivity index (χ0n) is 11.3. The van der Waals surface area contributed by atoms with Gasteiger partial charge in [0.25, 0.3) is 0 Å². The van der Waals surface area contributed by atoms with Crippen LogP contribution in [-0.2, 0) is 14.8 Å². The molecule has 2 rings (SSSR count). The van der Waals surface area contributed by atoms with Crippen LogP contribution < -0.4 is 15.4 Å². The molecule has 1 aromatic rings. The van der Waals surface area contributed by atoms with Gasteiger partial charge < -0.3 is 10.6 Å². The molecule has 1 unspecified atom stereocenters. The fourth-order valence-electron chi connectivity index (χ4n) is 2.10. The molecule has 20 heavy (non-hydrogen) atoms. The normalized spacial score (nSPS) is 18.9. The summed E-state index contributed by atoms with van der Waals surface area (Å²) < 4.78 is 26.0.